The van der Waals surface area contributed by atoms with Crippen molar-refractivity contribution in [2.75, 3.05) is 33.3 Å². The summed E-state index contributed by atoms with van der Waals surface area (Å²) in [6.45, 7) is 3.02. The van der Waals surface area contributed by atoms with Crippen LogP contribution in [0.2, 0.25) is 0 Å². The molecule has 0 saturated carbocycles. The minimum absolute atomic E-state index is 0.0239. The highest BCUT2D eigenvalue weighted by Crippen LogP contribution is 2.37. The molecule has 1 N–H and O–H groups in total. The van der Waals surface area contributed by atoms with E-state index in [0.29, 0.717) is 43.9 Å². The van der Waals surface area contributed by atoms with Gasteiger partial charge in [0.1, 0.15) is 7.11 Å². The first-order valence-electron chi connectivity index (χ1n) is 11.8. The van der Waals surface area contributed by atoms with Gasteiger partial charge in [-0.1, -0.05) is 23.4 Å². The number of aromatic nitrogens is 1. The molecule has 1 fully saturated rings. The molecule has 1 amide bonds. The highest BCUT2D eigenvalue weighted by molar-refractivity contribution is 5.95. The van der Waals surface area contributed by atoms with Gasteiger partial charge in [-0.05, 0) is 43.2 Å². The second-order valence-corrected chi connectivity index (χ2v) is 9.25. The highest BCUT2D eigenvalue weighted by Gasteiger charge is 2.39. The molecule has 1 saturated heterocycles. The van der Waals surface area contributed by atoms with Gasteiger partial charge in [0.25, 0.3) is 5.91 Å². The zero-order valence-corrected chi connectivity index (χ0v) is 20.7. The van der Waals surface area contributed by atoms with Crippen LogP contribution in [0.25, 0.3) is 10.9 Å². The normalized spacial score (nSPS) is 17.7. The van der Waals surface area contributed by atoms with Crippen molar-refractivity contribution < 1.29 is 36.0 Å². The molecule has 1 aliphatic rings. The Labute approximate surface area is 214 Å². The van der Waals surface area contributed by atoms with Crippen molar-refractivity contribution in [3.8, 4) is 0 Å². The molecule has 4 rings (SSSR count). The van der Waals surface area contributed by atoms with Gasteiger partial charge in [-0.15, -0.1) is 0 Å². The Morgan fingerprint density at radius 2 is 1.71 bits per heavy atom. The fraction of sp³-hybridized carbons (Fsp3) is 0.385. The minimum atomic E-state index is -5.05. The van der Waals surface area contributed by atoms with Crippen LogP contribution in [0.15, 0.2) is 53.8 Å². The van der Waals surface area contributed by atoms with Crippen LogP contribution in [0, 0.1) is 0 Å². The Balaban J connectivity index is 1.69. The van der Waals surface area contributed by atoms with Crippen LogP contribution in [0.5, 0.6) is 0 Å². The maximum Gasteiger partial charge on any atom is 0.416 e. The molecule has 0 radical (unpaired) electrons. The fourth-order valence-electron chi connectivity index (χ4n) is 4.81. The highest BCUT2D eigenvalue weighted by atomic mass is 19.4. The Hall–Kier alpha value is -3.54. The molecule has 0 bridgehead atoms. The molecule has 12 heteroatoms. The van der Waals surface area contributed by atoms with Crippen molar-refractivity contribution in [3.05, 3.63) is 70.9 Å². The number of fused-ring (bicyclic) bond motifs is 1. The summed E-state index contributed by atoms with van der Waals surface area (Å²) in [7, 11) is 1.42. The van der Waals surface area contributed by atoms with E-state index in [9.17, 15) is 31.1 Å². The Kier molecular flexibility index (Phi) is 7.73. The first kappa shape index (κ1) is 27.5. The Bertz CT molecular complexity index is 1300. The number of carbonyl (C=O) groups excluding carboxylic acids is 1. The quantitative estimate of drug-likeness (QED) is 0.252. The van der Waals surface area contributed by atoms with Crippen molar-refractivity contribution in [1.82, 2.24) is 14.8 Å². The van der Waals surface area contributed by atoms with Gasteiger partial charge in [0, 0.05) is 54.9 Å². The van der Waals surface area contributed by atoms with Crippen LogP contribution in [-0.2, 0) is 23.6 Å². The number of H-pyrrole nitrogens is 1. The lowest BCUT2D eigenvalue weighted by molar-refractivity contribution is -0.143. The molecule has 0 spiro atoms. The number of hydrogen-bond acceptors (Lipinski definition) is 4. The number of piperazine rings is 1. The van der Waals surface area contributed by atoms with E-state index in [-0.39, 0.29) is 12.6 Å². The van der Waals surface area contributed by atoms with Gasteiger partial charge in [-0.3, -0.25) is 9.69 Å². The van der Waals surface area contributed by atoms with E-state index < -0.39 is 41.0 Å². The van der Waals surface area contributed by atoms with Crippen LogP contribution in [0.4, 0.5) is 26.3 Å². The average Bonchev–Trinajstić information content (AvgIpc) is 3.25. The van der Waals surface area contributed by atoms with Gasteiger partial charge in [-0.2, -0.15) is 26.3 Å². The smallest absolute Gasteiger partial charge is 0.399 e. The predicted octanol–water partition coefficient (Wildman–Crippen LogP) is 5.60. The van der Waals surface area contributed by atoms with Crippen LogP contribution in [-0.4, -0.2) is 65.7 Å². The zero-order chi connectivity index (χ0) is 27.7. The third kappa shape index (κ3) is 6.12. The first-order chi connectivity index (χ1) is 17.9. The second kappa shape index (κ2) is 10.7. The summed E-state index contributed by atoms with van der Waals surface area (Å²) in [6, 6.07) is 8.01. The number of para-hydroxylation sites is 1. The lowest BCUT2D eigenvalue weighted by Crippen LogP contribution is -2.56. The molecule has 3 aromatic rings. The van der Waals surface area contributed by atoms with Crippen molar-refractivity contribution in [1.29, 1.82) is 0 Å². The van der Waals surface area contributed by atoms with Crippen molar-refractivity contribution in [2.45, 2.75) is 31.7 Å². The van der Waals surface area contributed by atoms with E-state index >= 15 is 0 Å². The summed E-state index contributed by atoms with van der Waals surface area (Å²) in [4.78, 5) is 24.9. The first-order valence-corrected chi connectivity index (χ1v) is 11.8. The van der Waals surface area contributed by atoms with Crippen molar-refractivity contribution in [2.24, 2.45) is 5.16 Å². The maximum absolute atomic E-state index is 13.5. The third-order valence-corrected chi connectivity index (χ3v) is 6.49. The van der Waals surface area contributed by atoms with Gasteiger partial charge < -0.3 is 14.7 Å². The third-order valence-electron chi connectivity index (χ3n) is 6.49. The minimum Gasteiger partial charge on any atom is -0.399 e. The predicted molar refractivity (Wildman–Crippen MR) is 130 cm³/mol. The molecular formula is C26H26F6N4O2. The number of nitrogens with zero attached hydrogens (tertiary/aromatic N) is 3. The Morgan fingerprint density at radius 1 is 1.05 bits per heavy atom. The number of benzene rings is 2. The van der Waals surface area contributed by atoms with Crippen LogP contribution in [0.3, 0.4) is 0 Å². The summed E-state index contributed by atoms with van der Waals surface area (Å²) < 4.78 is 80.6. The average molecular weight is 541 g/mol. The molecule has 0 aliphatic carbocycles. The van der Waals surface area contributed by atoms with Gasteiger partial charge >= 0.3 is 12.4 Å². The number of hydrogen-bond donors (Lipinski definition) is 1. The molecule has 1 aliphatic heterocycles. The van der Waals surface area contributed by atoms with E-state index in [1.807, 2.05) is 29.2 Å². The van der Waals surface area contributed by atoms with E-state index in [0.717, 1.165) is 16.5 Å². The van der Waals surface area contributed by atoms with E-state index in [4.69, 9.17) is 4.84 Å². The number of oxime groups is 1. The lowest BCUT2D eigenvalue weighted by Gasteiger charge is -2.41. The molecule has 38 heavy (non-hydrogen) atoms. The van der Waals surface area contributed by atoms with Crippen LogP contribution in [0.1, 0.15) is 34.0 Å². The maximum atomic E-state index is 13.5. The molecule has 0 unspecified atom stereocenters. The van der Waals surface area contributed by atoms with E-state index in [2.05, 4.69) is 10.1 Å². The molecule has 2 heterocycles. The zero-order valence-electron chi connectivity index (χ0n) is 20.7. The number of aromatic amines is 1. The van der Waals surface area contributed by atoms with Gasteiger partial charge in [0.15, 0.2) is 0 Å². The van der Waals surface area contributed by atoms with Crippen molar-refractivity contribution in [3.63, 3.8) is 0 Å². The molecule has 204 valence electrons. The molecular weight excluding hydrogens is 514 g/mol. The molecule has 6 nitrogen and oxygen atoms in total. The number of alkyl halides is 6. The van der Waals surface area contributed by atoms with Gasteiger partial charge in [0.05, 0.1) is 16.8 Å². The standard InChI is InChI=1S/C26H26F6N4O2/c1-16(34-38-2)14-35-7-8-36(21(15-35)11-18-13-33-23-6-4-3-5-22(18)23)24(37)17-9-19(25(27,28)29)12-20(10-17)26(30,31)32/h3-6,9-10,12-13,21,33H,7-8,11,14-15H2,1-2H3/b34-16+/t21-/m1/s1. The SMILES string of the molecule is CO/N=C(\C)CN1CCN(C(=O)c2cc(C(F)(F)F)cc(C(F)(F)F)c2)[C@H](Cc2c[nH]c3ccccc23)C1. The number of rotatable bonds is 6. The van der Waals surface area contributed by atoms with Crippen LogP contribution < -0.4 is 0 Å². The van der Waals surface area contributed by atoms with E-state index in [1.54, 1.807) is 13.1 Å². The topological polar surface area (TPSA) is 60.9 Å². The summed E-state index contributed by atoms with van der Waals surface area (Å²) in [6.07, 6.45) is -7.94. The second-order valence-electron chi connectivity index (χ2n) is 9.25. The summed E-state index contributed by atoms with van der Waals surface area (Å²) >= 11 is 0. The number of carbonyl (C=O) groups is 1. The summed E-state index contributed by atoms with van der Waals surface area (Å²) in [5.41, 5.74) is -1.24. The lowest BCUT2D eigenvalue weighted by atomic mass is 9.98. The van der Waals surface area contributed by atoms with Crippen molar-refractivity contribution >= 4 is 22.5 Å². The largest absolute Gasteiger partial charge is 0.416 e. The molecule has 1 aromatic heterocycles. The molecule has 1 atom stereocenters. The summed E-state index contributed by atoms with van der Waals surface area (Å²) in [5, 5.41) is 4.83. The Morgan fingerprint density at radius 3 is 2.34 bits per heavy atom. The number of amides is 1. The monoisotopic (exact) mass is 540 g/mol. The number of nitrogens with one attached hydrogen (secondary N) is 1. The summed E-state index contributed by atoms with van der Waals surface area (Å²) in [5.74, 6) is -0.881. The van der Waals surface area contributed by atoms with Gasteiger partial charge in [0.2, 0.25) is 0 Å². The van der Waals surface area contributed by atoms with E-state index in [1.165, 1.54) is 12.0 Å². The number of halogens is 6. The molecule has 2 aromatic carbocycles. The van der Waals surface area contributed by atoms with Crippen LogP contribution >= 0.6 is 0 Å². The fourth-order valence-corrected chi connectivity index (χ4v) is 4.81. The van der Waals surface area contributed by atoms with Gasteiger partial charge in [-0.25, -0.2) is 0 Å².